The van der Waals surface area contributed by atoms with Crippen molar-refractivity contribution in [2.45, 2.75) is 25.4 Å². The molecular formula is C16H21N3O. The minimum atomic E-state index is 0.674. The molecule has 1 aromatic carbocycles. The van der Waals surface area contributed by atoms with Crippen molar-refractivity contribution >= 4 is 11.0 Å². The van der Waals surface area contributed by atoms with E-state index in [1.807, 2.05) is 12.1 Å². The molecule has 1 unspecified atom stereocenters. The molecular weight excluding hydrogens is 250 g/mol. The van der Waals surface area contributed by atoms with Gasteiger partial charge in [-0.15, -0.1) is 0 Å². The van der Waals surface area contributed by atoms with E-state index in [2.05, 4.69) is 34.1 Å². The molecule has 3 aliphatic heterocycles. The number of hydrogen-bond donors (Lipinski definition) is 0. The smallest absolute Gasteiger partial charge is 0.167 e. The molecule has 5 rings (SSSR count). The largest absolute Gasteiger partial charge is 0.356 e. The van der Waals surface area contributed by atoms with Gasteiger partial charge in [-0.25, -0.2) is 0 Å². The first-order chi connectivity index (χ1) is 9.81. The lowest BCUT2D eigenvalue weighted by Gasteiger charge is -2.48. The molecule has 20 heavy (non-hydrogen) atoms. The van der Waals surface area contributed by atoms with Crippen molar-refractivity contribution in [3.05, 3.63) is 30.0 Å². The van der Waals surface area contributed by atoms with E-state index in [1.54, 1.807) is 0 Å². The summed E-state index contributed by atoms with van der Waals surface area (Å²) in [4.78, 5) is 5.07. The number of fused-ring (bicyclic) bond motifs is 4. The lowest BCUT2D eigenvalue weighted by atomic mass is 9.83. The zero-order valence-electron chi connectivity index (χ0n) is 12.0. The van der Waals surface area contributed by atoms with Gasteiger partial charge >= 0.3 is 0 Å². The van der Waals surface area contributed by atoms with Gasteiger partial charge in [0.05, 0.1) is 0 Å². The second kappa shape index (κ2) is 4.86. The zero-order valence-corrected chi connectivity index (χ0v) is 12.0. The Kier molecular flexibility index (Phi) is 3.00. The summed E-state index contributed by atoms with van der Waals surface area (Å²) in [7, 11) is 2.23. The van der Waals surface area contributed by atoms with Crippen LogP contribution in [0.3, 0.4) is 0 Å². The summed E-state index contributed by atoms with van der Waals surface area (Å²) in [5.74, 6) is 0.864. The molecule has 0 spiro atoms. The monoisotopic (exact) mass is 271 g/mol. The zero-order chi connectivity index (χ0) is 13.5. The molecule has 3 fully saturated rings. The van der Waals surface area contributed by atoms with E-state index in [-0.39, 0.29) is 0 Å². The number of aromatic nitrogens is 1. The molecule has 1 aromatic heterocycles. The van der Waals surface area contributed by atoms with Crippen molar-refractivity contribution in [1.29, 1.82) is 0 Å². The summed E-state index contributed by atoms with van der Waals surface area (Å²) < 4.78 is 5.41. The quantitative estimate of drug-likeness (QED) is 0.858. The summed E-state index contributed by atoms with van der Waals surface area (Å²) in [5, 5.41) is 5.42. The first-order valence-electron chi connectivity index (χ1n) is 7.57. The maximum Gasteiger partial charge on any atom is 0.167 e. The number of para-hydroxylation sites is 1. The van der Waals surface area contributed by atoms with Gasteiger partial charge in [-0.2, -0.15) is 0 Å². The molecule has 0 radical (unpaired) electrons. The SMILES string of the molecule is CN(Cc1noc2ccccc12)C1CN2CCC1CC2. The Labute approximate surface area is 119 Å². The minimum Gasteiger partial charge on any atom is -0.356 e. The van der Waals surface area contributed by atoms with Crippen molar-refractivity contribution in [3.63, 3.8) is 0 Å². The second-order valence-electron chi connectivity index (χ2n) is 6.25. The fraction of sp³-hybridized carbons (Fsp3) is 0.562. The van der Waals surface area contributed by atoms with Crippen LogP contribution in [0.2, 0.25) is 0 Å². The van der Waals surface area contributed by atoms with E-state index in [4.69, 9.17) is 4.52 Å². The van der Waals surface area contributed by atoms with Gasteiger partial charge in [-0.3, -0.25) is 4.90 Å². The summed E-state index contributed by atoms with van der Waals surface area (Å²) >= 11 is 0. The molecule has 3 saturated heterocycles. The van der Waals surface area contributed by atoms with Gasteiger partial charge in [0.2, 0.25) is 0 Å². The molecule has 4 nitrogen and oxygen atoms in total. The van der Waals surface area contributed by atoms with Crippen molar-refractivity contribution < 1.29 is 4.52 Å². The van der Waals surface area contributed by atoms with E-state index >= 15 is 0 Å². The third kappa shape index (κ3) is 2.03. The van der Waals surface area contributed by atoms with Gasteiger partial charge in [0.25, 0.3) is 0 Å². The maximum atomic E-state index is 5.41. The van der Waals surface area contributed by atoms with Crippen LogP contribution in [0.5, 0.6) is 0 Å². The average molecular weight is 271 g/mol. The normalized spacial score (nSPS) is 29.4. The molecule has 0 aliphatic carbocycles. The third-order valence-corrected chi connectivity index (χ3v) is 5.04. The van der Waals surface area contributed by atoms with E-state index < -0.39 is 0 Å². The van der Waals surface area contributed by atoms with Gasteiger partial charge in [0.15, 0.2) is 5.58 Å². The Morgan fingerprint density at radius 1 is 1.30 bits per heavy atom. The van der Waals surface area contributed by atoms with Crippen molar-refractivity contribution in [2.24, 2.45) is 5.92 Å². The Morgan fingerprint density at radius 3 is 2.85 bits per heavy atom. The van der Waals surface area contributed by atoms with Crippen molar-refractivity contribution in [2.75, 3.05) is 26.7 Å². The van der Waals surface area contributed by atoms with Gasteiger partial charge in [-0.05, 0) is 51.0 Å². The molecule has 4 heteroatoms. The molecule has 3 aliphatic rings. The first kappa shape index (κ1) is 12.4. The lowest BCUT2D eigenvalue weighted by molar-refractivity contribution is 0.0129. The van der Waals surface area contributed by atoms with Crippen LogP contribution in [0.1, 0.15) is 18.5 Å². The Hall–Kier alpha value is -1.39. The topological polar surface area (TPSA) is 32.5 Å². The van der Waals surface area contributed by atoms with Crippen molar-refractivity contribution in [3.8, 4) is 0 Å². The molecule has 1 atom stereocenters. The van der Waals surface area contributed by atoms with Crippen LogP contribution >= 0.6 is 0 Å². The average Bonchev–Trinajstić information content (AvgIpc) is 2.92. The van der Waals surface area contributed by atoms with Gasteiger partial charge < -0.3 is 9.42 Å². The molecule has 106 valence electrons. The highest BCUT2D eigenvalue weighted by Gasteiger charge is 2.36. The summed E-state index contributed by atoms with van der Waals surface area (Å²) in [6.07, 6.45) is 2.71. The predicted octanol–water partition coefficient (Wildman–Crippen LogP) is 2.35. The summed E-state index contributed by atoms with van der Waals surface area (Å²) in [5.41, 5.74) is 1.96. The first-order valence-corrected chi connectivity index (χ1v) is 7.57. The van der Waals surface area contributed by atoms with Gasteiger partial charge in [-0.1, -0.05) is 17.3 Å². The standard InChI is InChI=1S/C16H21N3O/c1-18(15-11-19-8-6-12(15)7-9-19)10-14-13-4-2-3-5-16(13)20-17-14/h2-5,12,15H,6-11H2,1H3. The summed E-state index contributed by atoms with van der Waals surface area (Å²) in [6.45, 7) is 4.69. The molecule has 2 aromatic rings. The Morgan fingerprint density at radius 2 is 2.10 bits per heavy atom. The molecule has 0 amide bonds. The Balaban J connectivity index is 1.53. The number of likely N-dealkylation sites (N-methyl/N-ethyl adjacent to an activating group) is 1. The summed E-state index contributed by atoms with van der Waals surface area (Å²) in [6, 6.07) is 8.81. The van der Waals surface area contributed by atoms with Crippen LogP contribution in [-0.4, -0.2) is 47.7 Å². The third-order valence-electron chi connectivity index (χ3n) is 5.04. The maximum absolute atomic E-state index is 5.41. The van der Waals surface area contributed by atoms with Crippen LogP contribution in [0, 0.1) is 5.92 Å². The molecule has 2 bridgehead atoms. The van der Waals surface area contributed by atoms with Gasteiger partial charge in [0, 0.05) is 24.5 Å². The minimum absolute atomic E-state index is 0.674. The van der Waals surface area contributed by atoms with E-state index in [1.165, 1.54) is 32.5 Å². The molecule has 0 N–H and O–H groups in total. The molecule has 0 saturated carbocycles. The van der Waals surface area contributed by atoms with Crippen molar-refractivity contribution in [1.82, 2.24) is 15.0 Å². The number of rotatable bonds is 3. The highest BCUT2D eigenvalue weighted by molar-refractivity contribution is 5.79. The fourth-order valence-corrected chi connectivity index (χ4v) is 3.84. The lowest BCUT2D eigenvalue weighted by Crippen LogP contribution is -2.56. The van der Waals surface area contributed by atoms with Crippen LogP contribution in [0.15, 0.2) is 28.8 Å². The van der Waals surface area contributed by atoms with Crippen LogP contribution in [0.25, 0.3) is 11.0 Å². The fourth-order valence-electron chi connectivity index (χ4n) is 3.84. The number of hydrogen-bond acceptors (Lipinski definition) is 4. The number of nitrogens with zero attached hydrogens (tertiary/aromatic N) is 3. The van der Waals surface area contributed by atoms with E-state index in [9.17, 15) is 0 Å². The highest BCUT2D eigenvalue weighted by Crippen LogP contribution is 2.31. The van der Waals surface area contributed by atoms with Crippen LogP contribution in [0.4, 0.5) is 0 Å². The van der Waals surface area contributed by atoms with Crippen LogP contribution in [-0.2, 0) is 6.54 Å². The van der Waals surface area contributed by atoms with E-state index in [0.717, 1.165) is 29.1 Å². The van der Waals surface area contributed by atoms with Crippen LogP contribution < -0.4 is 0 Å². The second-order valence-corrected chi connectivity index (χ2v) is 6.25. The Bertz CT molecular complexity index is 601. The van der Waals surface area contributed by atoms with E-state index in [0.29, 0.717) is 6.04 Å². The highest BCUT2D eigenvalue weighted by atomic mass is 16.5. The predicted molar refractivity (Wildman–Crippen MR) is 78.4 cm³/mol. The van der Waals surface area contributed by atoms with Gasteiger partial charge in [0.1, 0.15) is 5.69 Å². The number of piperidine rings is 3. The molecule has 4 heterocycles. The number of benzene rings is 1.